The quantitative estimate of drug-likeness (QED) is 0.383. The second-order valence-corrected chi connectivity index (χ2v) is 12.4. The van der Waals surface area contributed by atoms with Crippen LogP contribution in [0.3, 0.4) is 0 Å². The van der Waals surface area contributed by atoms with Gasteiger partial charge in [0.05, 0.1) is 10.6 Å². The number of nitrogens with zero attached hydrogens (tertiary/aromatic N) is 2. The molecule has 7 nitrogen and oxygen atoms in total. The molecule has 39 heavy (non-hydrogen) atoms. The van der Waals surface area contributed by atoms with E-state index < -0.39 is 28.5 Å². The number of hydrogen-bond donors (Lipinski definition) is 1. The second kappa shape index (κ2) is 12.5. The van der Waals surface area contributed by atoms with Crippen molar-refractivity contribution < 1.29 is 18.0 Å². The molecule has 208 valence electrons. The van der Waals surface area contributed by atoms with Crippen LogP contribution < -0.4 is 9.62 Å². The molecule has 0 aliphatic rings. The van der Waals surface area contributed by atoms with Gasteiger partial charge in [0.1, 0.15) is 12.6 Å². The minimum atomic E-state index is -4.09. The van der Waals surface area contributed by atoms with Crippen molar-refractivity contribution >= 4 is 27.5 Å². The molecule has 1 atom stereocenters. The third-order valence-electron chi connectivity index (χ3n) is 6.42. The lowest BCUT2D eigenvalue weighted by atomic mass is 10.1. The third-order valence-corrected chi connectivity index (χ3v) is 8.20. The molecule has 0 saturated carbocycles. The number of anilines is 1. The van der Waals surface area contributed by atoms with Gasteiger partial charge >= 0.3 is 0 Å². The molecule has 0 unspecified atom stereocenters. The van der Waals surface area contributed by atoms with E-state index in [4.69, 9.17) is 0 Å². The lowest BCUT2D eigenvalue weighted by Crippen LogP contribution is -2.52. The molecule has 0 heterocycles. The minimum absolute atomic E-state index is 0.0934. The van der Waals surface area contributed by atoms with E-state index in [1.807, 2.05) is 71.9 Å². The van der Waals surface area contributed by atoms with Gasteiger partial charge in [0, 0.05) is 12.6 Å². The summed E-state index contributed by atoms with van der Waals surface area (Å²) < 4.78 is 29.1. The zero-order valence-electron chi connectivity index (χ0n) is 23.9. The monoisotopic (exact) mass is 549 g/mol. The van der Waals surface area contributed by atoms with E-state index in [2.05, 4.69) is 5.32 Å². The molecular formula is C31H39N3O4S. The largest absolute Gasteiger partial charge is 0.352 e. The minimum Gasteiger partial charge on any atom is -0.352 e. The van der Waals surface area contributed by atoms with Gasteiger partial charge in [-0.2, -0.15) is 0 Å². The van der Waals surface area contributed by atoms with E-state index in [1.165, 1.54) is 4.90 Å². The molecule has 0 aliphatic carbocycles. The Kier molecular flexibility index (Phi) is 9.56. The Morgan fingerprint density at radius 2 is 1.41 bits per heavy atom. The maximum absolute atomic E-state index is 14.0. The standard InChI is InChI=1S/C31H39N3O4S/c1-21(2)32-31(36)26(7)33(19-27-10-8-9-23(4)16-27)30(35)20-34(28-17-24(5)15-25(6)18-28)39(37,38)29-13-11-22(3)12-14-29/h8-18,21,26H,19-20H2,1-7H3,(H,32,36)/t26-/m1/s1. The first-order valence-electron chi connectivity index (χ1n) is 13.1. The Bertz CT molecular complexity index is 1410. The summed E-state index contributed by atoms with van der Waals surface area (Å²) in [6.07, 6.45) is 0. The highest BCUT2D eigenvalue weighted by molar-refractivity contribution is 7.92. The van der Waals surface area contributed by atoms with Crippen molar-refractivity contribution in [2.24, 2.45) is 0 Å². The van der Waals surface area contributed by atoms with Gasteiger partial charge in [-0.3, -0.25) is 13.9 Å². The van der Waals surface area contributed by atoms with Crippen LogP contribution in [0.4, 0.5) is 5.69 Å². The van der Waals surface area contributed by atoms with E-state index in [1.54, 1.807) is 43.3 Å². The predicted molar refractivity (Wildman–Crippen MR) is 156 cm³/mol. The average Bonchev–Trinajstić information content (AvgIpc) is 2.84. The maximum Gasteiger partial charge on any atom is 0.264 e. The van der Waals surface area contributed by atoms with Gasteiger partial charge < -0.3 is 10.2 Å². The van der Waals surface area contributed by atoms with Gasteiger partial charge in [-0.15, -0.1) is 0 Å². The van der Waals surface area contributed by atoms with Crippen LogP contribution in [0.25, 0.3) is 0 Å². The Hall–Kier alpha value is -3.65. The molecule has 0 radical (unpaired) electrons. The number of hydrogen-bond acceptors (Lipinski definition) is 4. The summed E-state index contributed by atoms with van der Waals surface area (Å²) in [6, 6.07) is 18.8. The molecule has 1 N–H and O–H groups in total. The lowest BCUT2D eigenvalue weighted by molar-refractivity contribution is -0.139. The number of rotatable bonds is 10. The van der Waals surface area contributed by atoms with Crippen molar-refractivity contribution in [3.63, 3.8) is 0 Å². The van der Waals surface area contributed by atoms with E-state index in [0.717, 1.165) is 32.1 Å². The number of carbonyl (C=O) groups excluding carboxylic acids is 2. The highest BCUT2D eigenvalue weighted by atomic mass is 32.2. The molecule has 3 aromatic rings. The summed E-state index contributed by atoms with van der Waals surface area (Å²) in [5.74, 6) is -0.775. The van der Waals surface area contributed by atoms with Crippen molar-refractivity contribution in [2.45, 2.75) is 72.0 Å². The van der Waals surface area contributed by atoms with Crippen LogP contribution in [0, 0.1) is 27.7 Å². The summed E-state index contributed by atoms with van der Waals surface area (Å²) in [7, 11) is -4.09. The fourth-order valence-corrected chi connectivity index (χ4v) is 5.85. The highest BCUT2D eigenvalue weighted by Crippen LogP contribution is 2.27. The van der Waals surface area contributed by atoms with Gasteiger partial charge in [-0.1, -0.05) is 53.6 Å². The fraction of sp³-hybridized carbons (Fsp3) is 0.355. The lowest BCUT2D eigenvalue weighted by Gasteiger charge is -2.32. The van der Waals surface area contributed by atoms with E-state index >= 15 is 0 Å². The van der Waals surface area contributed by atoms with Gasteiger partial charge in [-0.05, 0) is 89.4 Å². The Morgan fingerprint density at radius 1 is 0.795 bits per heavy atom. The summed E-state index contributed by atoms with van der Waals surface area (Å²) in [5.41, 5.74) is 4.96. The number of sulfonamides is 1. The van der Waals surface area contributed by atoms with E-state index in [-0.39, 0.29) is 23.4 Å². The Morgan fingerprint density at radius 3 is 1.97 bits per heavy atom. The summed E-state index contributed by atoms with van der Waals surface area (Å²) >= 11 is 0. The number of carbonyl (C=O) groups is 2. The Labute approximate surface area is 232 Å². The predicted octanol–water partition coefficient (Wildman–Crippen LogP) is 5.06. The molecule has 8 heteroatoms. The number of benzene rings is 3. The van der Waals surface area contributed by atoms with Crippen molar-refractivity contribution in [3.8, 4) is 0 Å². The van der Waals surface area contributed by atoms with Crippen LogP contribution in [0.15, 0.2) is 71.6 Å². The molecule has 0 spiro atoms. The second-order valence-electron chi connectivity index (χ2n) is 10.5. The van der Waals surface area contributed by atoms with Gasteiger partial charge in [0.25, 0.3) is 10.0 Å². The zero-order chi connectivity index (χ0) is 28.9. The molecular weight excluding hydrogens is 510 g/mol. The number of nitrogens with one attached hydrogen (secondary N) is 1. The molecule has 0 saturated heterocycles. The first-order valence-corrected chi connectivity index (χ1v) is 14.5. The fourth-order valence-electron chi connectivity index (χ4n) is 4.46. The first kappa shape index (κ1) is 29.9. The highest BCUT2D eigenvalue weighted by Gasteiger charge is 2.32. The van der Waals surface area contributed by atoms with Crippen LogP contribution in [0.5, 0.6) is 0 Å². The number of aryl methyl sites for hydroxylation is 4. The maximum atomic E-state index is 14.0. The van der Waals surface area contributed by atoms with E-state index in [9.17, 15) is 18.0 Å². The van der Waals surface area contributed by atoms with Gasteiger partial charge in [0.2, 0.25) is 11.8 Å². The summed E-state index contributed by atoms with van der Waals surface area (Å²) in [5, 5.41) is 2.87. The van der Waals surface area contributed by atoms with Crippen molar-refractivity contribution in [1.29, 1.82) is 0 Å². The van der Waals surface area contributed by atoms with Gasteiger partial charge in [0.15, 0.2) is 0 Å². The first-order chi connectivity index (χ1) is 18.3. The van der Waals surface area contributed by atoms with Crippen LogP contribution in [-0.4, -0.2) is 43.8 Å². The van der Waals surface area contributed by atoms with Gasteiger partial charge in [-0.25, -0.2) is 8.42 Å². The van der Waals surface area contributed by atoms with E-state index in [0.29, 0.717) is 5.69 Å². The van der Waals surface area contributed by atoms with Crippen molar-refractivity contribution in [2.75, 3.05) is 10.8 Å². The van der Waals surface area contributed by atoms with Crippen molar-refractivity contribution in [1.82, 2.24) is 10.2 Å². The average molecular weight is 550 g/mol. The van der Waals surface area contributed by atoms with Crippen LogP contribution in [0.2, 0.25) is 0 Å². The smallest absolute Gasteiger partial charge is 0.264 e. The summed E-state index contributed by atoms with van der Waals surface area (Å²) in [4.78, 5) is 28.5. The molecule has 0 aliphatic heterocycles. The molecule has 2 amide bonds. The molecule has 0 bridgehead atoms. The Balaban J connectivity index is 2.07. The number of amides is 2. The summed E-state index contributed by atoms with van der Waals surface area (Å²) in [6.45, 7) is 12.7. The topological polar surface area (TPSA) is 86.8 Å². The molecule has 3 rings (SSSR count). The van der Waals surface area contributed by atoms with Crippen LogP contribution >= 0.6 is 0 Å². The van der Waals surface area contributed by atoms with Crippen LogP contribution in [0.1, 0.15) is 48.6 Å². The third kappa shape index (κ3) is 7.69. The van der Waals surface area contributed by atoms with Crippen molar-refractivity contribution in [3.05, 3.63) is 94.5 Å². The SMILES string of the molecule is Cc1ccc(S(=O)(=O)N(CC(=O)N(Cc2cccc(C)c2)[C@H](C)C(=O)NC(C)C)c2cc(C)cc(C)c2)cc1. The normalized spacial score (nSPS) is 12.2. The molecule has 3 aromatic carbocycles. The molecule has 0 aromatic heterocycles. The molecule has 0 fully saturated rings. The zero-order valence-corrected chi connectivity index (χ0v) is 24.7. The van der Waals surface area contributed by atoms with Crippen LogP contribution in [-0.2, 0) is 26.2 Å².